The Hall–Kier alpha value is -1.15. The molecule has 0 aromatic heterocycles. The van der Waals surface area contributed by atoms with E-state index in [2.05, 4.69) is 0 Å². The zero-order chi connectivity index (χ0) is 9.84. The van der Waals surface area contributed by atoms with Crippen LogP contribution >= 0.6 is 0 Å². The number of carbonyl (C=O) groups excluding carboxylic acids is 1. The van der Waals surface area contributed by atoms with Crippen LogP contribution in [0.3, 0.4) is 0 Å². The van der Waals surface area contributed by atoms with Gasteiger partial charge in [0.25, 0.3) is 0 Å². The lowest BCUT2D eigenvalue weighted by Crippen LogP contribution is -2.05. The van der Waals surface area contributed by atoms with Crippen LogP contribution < -0.4 is 5.73 Å². The molecule has 13 heavy (non-hydrogen) atoms. The third-order valence-electron chi connectivity index (χ3n) is 2.08. The van der Waals surface area contributed by atoms with E-state index in [1.807, 2.05) is 38.1 Å². The molecular formula is C11H15NO. The second kappa shape index (κ2) is 4.19. The van der Waals surface area contributed by atoms with E-state index in [0.29, 0.717) is 6.42 Å². The van der Waals surface area contributed by atoms with E-state index in [9.17, 15) is 4.79 Å². The van der Waals surface area contributed by atoms with E-state index in [1.165, 1.54) is 0 Å². The molecule has 0 bridgehead atoms. The topological polar surface area (TPSA) is 43.1 Å². The highest BCUT2D eigenvalue weighted by Gasteiger charge is 2.03. The monoisotopic (exact) mass is 177 g/mol. The lowest BCUT2D eigenvalue weighted by atomic mass is 10.0. The van der Waals surface area contributed by atoms with Crippen molar-refractivity contribution >= 4 is 5.78 Å². The summed E-state index contributed by atoms with van der Waals surface area (Å²) in [7, 11) is 0. The summed E-state index contributed by atoms with van der Waals surface area (Å²) in [6, 6.07) is 7.53. The van der Waals surface area contributed by atoms with Gasteiger partial charge in [0.2, 0.25) is 0 Å². The SMILES string of the molecule is CCC(=O)c1ccc([C@H](C)N)cc1. The van der Waals surface area contributed by atoms with E-state index in [0.717, 1.165) is 11.1 Å². The molecule has 0 fully saturated rings. The molecule has 1 aromatic carbocycles. The molecule has 0 radical (unpaired) electrons. The van der Waals surface area contributed by atoms with E-state index >= 15 is 0 Å². The molecule has 70 valence electrons. The minimum atomic E-state index is 0.0331. The first-order valence-corrected chi connectivity index (χ1v) is 4.54. The van der Waals surface area contributed by atoms with Crippen LogP contribution in [-0.2, 0) is 0 Å². The molecule has 0 saturated carbocycles. The molecule has 0 aliphatic heterocycles. The van der Waals surface area contributed by atoms with E-state index < -0.39 is 0 Å². The Morgan fingerprint density at radius 1 is 1.38 bits per heavy atom. The highest BCUT2D eigenvalue weighted by atomic mass is 16.1. The molecule has 2 heteroatoms. The molecule has 0 saturated heterocycles. The standard InChI is InChI=1S/C11H15NO/c1-3-11(13)10-6-4-9(5-7-10)8(2)12/h4-8H,3,12H2,1-2H3/t8-/m0/s1. The van der Waals surface area contributed by atoms with Crippen LogP contribution in [0.15, 0.2) is 24.3 Å². The fourth-order valence-electron chi connectivity index (χ4n) is 1.18. The van der Waals surface area contributed by atoms with Crippen LogP contribution in [0, 0.1) is 0 Å². The summed E-state index contributed by atoms with van der Waals surface area (Å²) in [5.74, 6) is 0.177. The van der Waals surface area contributed by atoms with Crippen LogP contribution in [0.25, 0.3) is 0 Å². The van der Waals surface area contributed by atoms with Crippen molar-refractivity contribution in [2.24, 2.45) is 5.73 Å². The average Bonchev–Trinajstić information content (AvgIpc) is 2.17. The second-order valence-electron chi connectivity index (χ2n) is 3.19. The molecule has 0 unspecified atom stereocenters. The molecular weight excluding hydrogens is 162 g/mol. The zero-order valence-corrected chi connectivity index (χ0v) is 8.08. The summed E-state index contributed by atoms with van der Waals surface area (Å²) in [4.78, 5) is 11.3. The summed E-state index contributed by atoms with van der Waals surface area (Å²) < 4.78 is 0. The van der Waals surface area contributed by atoms with Gasteiger partial charge in [-0.05, 0) is 12.5 Å². The molecule has 2 nitrogen and oxygen atoms in total. The predicted octanol–water partition coefficient (Wildman–Crippen LogP) is 2.30. The Morgan fingerprint density at radius 3 is 2.31 bits per heavy atom. The molecule has 2 N–H and O–H groups in total. The third-order valence-corrected chi connectivity index (χ3v) is 2.08. The Balaban J connectivity index is 2.87. The Kier molecular flexibility index (Phi) is 3.20. The summed E-state index contributed by atoms with van der Waals surface area (Å²) >= 11 is 0. The van der Waals surface area contributed by atoms with Gasteiger partial charge in [0.15, 0.2) is 5.78 Å². The van der Waals surface area contributed by atoms with Gasteiger partial charge in [-0.3, -0.25) is 4.79 Å². The van der Waals surface area contributed by atoms with Gasteiger partial charge in [0, 0.05) is 18.0 Å². The number of carbonyl (C=O) groups is 1. The minimum Gasteiger partial charge on any atom is -0.324 e. The second-order valence-corrected chi connectivity index (χ2v) is 3.19. The van der Waals surface area contributed by atoms with E-state index in [-0.39, 0.29) is 11.8 Å². The van der Waals surface area contributed by atoms with Gasteiger partial charge in [-0.1, -0.05) is 31.2 Å². The number of hydrogen-bond donors (Lipinski definition) is 1. The van der Waals surface area contributed by atoms with Gasteiger partial charge in [-0.25, -0.2) is 0 Å². The molecule has 0 aliphatic rings. The van der Waals surface area contributed by atoms with Crippen molar-refractivity contribution in [3.63, 3.8) is 0 Å². The largest absolute Gasteiger partial charge is 0.324 e. The number of rotatable bonds is 3. The molecule has 0 heterocycles. The first-order chi connectivity index (χ1) is 6.15. The highest BCUT2D eigenvalue weighted by molar-refractivity contribution is 5.95. The third kappa shape index (κ3) is 2.39. The van der Waals surface area contributed by atoms with Crippen molar-refractivity contribution in [1.29, 1.82) is 0 Å². The number of ketones is 1. The van der Waals surface area contributed by atoms with Crippen molar-refractivity contribution in [3.8, 4) is 0 Å². The lowest BCUT2D eigenvalue weighted by Gasteiger charge is -2.05. The molecule has 0 amide bonds. The molecule has 0 aliphatic carbocycles. The lowest BCUT2D eigenvalue weighted by molar-refractivity contribution is 0.0988. The average molecular weight is 177 g/mol. The number of nitrogens with two attached hydrogens (primary N) is 1. The van der Waals surface area contributed by atoms with E-state index in [1.54, 1.807) is 0 Å². The van der Waals surface area contributed by atoms with Crippen molar-refractivity contribution in [3.05, 3.63) is 35.4 Å². The maximum Gasteiger partial charge on any atom is 0.162 e. The molecule has 1 atom stereocenters. The van der Waals surface area contributed by atoms with Crippen molar-refractivity contribution in [1.82, 2.24) is 0 Å². The fraction of sp³-hybridized carbons (Fsp3) is 0.364. The van der Waals surface area contributed by atoms with Gasteiger partial charge in [0.05, 0.1) is 0 Å². The van der Waals surface area contributed by atoms with Gasteiger partial charge in [-0.15, -0.1) is 0 Å². The smallest absolute Gasteiger partial charge is 0.162 e. The van der Waals surface area contributed by atoms with Crippen LogP contribution in [0.4, 0.5) is 0 Å². The maximum atomic E-state index is 11.3. The van der Waals surface area contributed by atoms with Crippen molar-refractivity contribution in [2.45, 2.75) is 26.3 Å². The van der Waals surface area contributed by atoms with Gasteiger partial charge in [-0.2, -0.15) is 0 Å². The summed E-state index contributed by atoms with van der Waals surface area (Å²) in [5.41, 5.74) is 7.52. The quantitative estimate of drug-likeness (QED) is 0.720. The molecule has 1 aromatic rings. The van der Waals surface area contributed by atoms with Gasteiger partial charge < -0.3 is 5.73 Å². The molecule has 0 spiro atoms. The van der Waals surface area contributed by atoms with Crippen molar-refractivity contribution in [2.75, 3.05) is 0 Å². The number of Topliss-reactive ketones (excluding diaryl/α,β-unsaturated/α-hetero) is 1. The van der Waals surface area contributed by atoms with Crippen molar-refractivity contribution < 1.29 is 4.79 Å². The molecule has 1 rings (SSSR count). The highest BCUT2D eigenvalue weighted by Crippen LogP contribution is 2.11. The van der Waals surface area contributed by atoms with Crippen LogP contribution in [0.1, 0.15) is 42.2 Å². The van der Waals surface area contributed by atoms with Crippen LogP contribution in [0.5, 0.6) is 0 Å². The van der Waals surface area contributed by atoms with Crippen LogP contribution in [-0.4, -0.2) is 5.78 Å². The van der Waals surface area contributed by atoms with Gasteiger partial charge in [0.1, 0.15) is 0 Å². The first kappa shape index (κ1) is 9.93. The summed E-state index contributed by atoms with van der Waals surface area (Å²) in [5, 5.41) is 0. The first-order valence-electron chi connectivity index (χ1n) is 4.54. The number of benzene rings is 1. The summed E-state index contributed by atoms with van der Waals surface area (Å²) in [6.07, 6.45) is 0.553. The predicted molar refractivity (Wildman–Crippen MR) is 53.7 cm³/mol. The minimum absolute atomic E-state index is 0.0331. The number of hydrogen-bond acceptors (Lipinski definition) is 2. The normalized spacial score (nSPS) is 12.5. The zero-order valence-electron chi connectivity index (χ0n) is 8.08. The van der Waals surface area contributed by atoms with E-state index in [4.69, 9.17) is 5.73 Å². The Morgan fingerprint density at radius 2 is 1.92 bits per heavy atom. The summed E-state index contributed by atoms with van der Waals surface area (Å²) in [6.45, 7) is 3.79. The van der Waals surface area contributed by atoms with Gasteiger partial charge >= 0.3 is 0 Å². The Bertz CT molecular complexity index is 287. The fourth-order valence-corrected chi connectivity index (χ4v) is 1.18. The van der Waals surface area contributed by atoms with Crippen LogP contribution in [0.2, 0.25) is 0 Å². The maximum absolute atomic E-state index is 11.3. The Labute approximate surface area is 78.8 Å².